The monoisotopic (exact) mass is 327 g/mol. The molecule has 1 aromatic carbocycles. The lowest BCUT2D eigenvalue weighted by molar-refractivity contribution is 0.722. The third-order valence-corrected chi connectivity index (χ3v) is 4.88. The number of halogens is 1. The second-order valence-electron chi connectivity index (χ2n) is 6.38. The number of H-pyrrole nitrogens is 1. The summed E-state index contributed by atoms with van der Waals surface area (Å²) < 4.78 is 0. The van der Waals surface area contributed by atoms with Crippen LogP contribution in [0.4, 0.5) is 5.82 Å². The summed E-state index contributed by atoms with van der Waals surface area (Å²) in [7, 11) is 0. The van der Waals surface area contributed by atoms with E-state index in [1.807, 2.05) is 6.20 Å². The Morgan fingerprint density at radius 3 is 2.74 bits per heavy atom. The molecule has 0 fully saturated rings. The van der Waals surface area contributed by atoms with E-state index in [2.05, 4.69) is 59.9 Å². The first kappa shape index (κ1) is 15.9. The van der Waals surface area contributed by atoms with E-state index >= 15 is 0 Å². The number of benzene rings is 1. The Morgan fingerprint density at radius 2 is 1.91 bits per heavy atom. The molecule has 3 nitrogen and oxygen atoms in total. The van der Waals surface area contributed by atoms with Crippen molar-refractivity contribution in [3.05, 3.63) is 58.4 Å². The van der Waals surface area contributed by atoms with Gasteiger partial charge in [0.05, 0.1) is 5.52 Å². The number of rotatable bonds is 1. The first-order chi connectivity index (χ1) is 10.6. The summed E-state index contributed by atoms with van der Waals surface area (Å²) in [6, 6.07) is 8.91. The van der Waals surface area contributed by atoms with Crippen LogP contribution < -0.4 is 4.90 Å². The minimum Gasteiger partial charge on any atom is -0.355 e. The van der Waals surface area contributed by atoms with Gasteiger partial charge in [-0.15, -0.1) is 12.4 Å². The zero-order valence-corrected chi connectivity index (χ0v) is 14.6. The maximum Gasteiger partial charge on any atom is 0.153 e. The van der Waals surface area contributed by atoms with Gasteiger partial charge in [-0.25, -0.2) is 4.98 Å². The molecule has 120 valence electrons. The molecule has 4 rings (SSSR count). The van der Waals surface area contributed by atoms with Crippen molar-refractivity contribution in [1.82, 2.24) is 9.97 Å². The van der Waals surface area contributed by atoms with E-state index < -0.39 is 0 Å². The first-order valence-corrected chi connectivity index (χ1v) is 7.91. The molecule has 1 N–H and O–H groups in total. The van der Waals surface area contributed by atoms with Gasteiger partial charge < -0.3 is 9.88 Å². The zero-order chi connectivity index (χ0) is 15.3. The number of fused-ring (bicyclic) bond motifs is 2. The summed E-state index contributed by atoms with van der Waals surface area (Å²) in [4.78, 5) is 10.6. The van der Waals surface area contributed by atoms with Gasteiger partial charge in [0.15, 0.2) is 5.82 Å². The van der Waals surface area contributed by atoms with Gasteiger partial charge in [0.2, 0.25) is 0 Å². The van der Waals surface area contributed by atoms with E-state index in [1.165, 1.54) is 38.9 Å². The highest BCUT2D eigenvalue weighted by Crippen LogP contribution is 2.31. The minimum absolute atomic E-state index is 0. The van der Waals surface area contributed by atoms with Gasteiger partial charge in [-0.3, -0.25) is 0 Å². The van der Waals surface area contributed by atoms with Gasteiger partial charge in [0.25, 0.3) is 0 Å². The fourth-order valence-corrected chi connectivity index (χ4v) is 3.48. The second kappa shape index (κ2) is 5.89. The van der Waals surface area contributed by atoms with E-state index in [1.54, 1.807) is 0 Å². The molecular formula is C19H22ClN3. The van der Waals surface area contributed by atoms with Gasteiger partial charge >= 0.3 is 0 Å². The number of anilines is 1. The van der Waals surface area contributed by atoms with E-state index in [0.717, 1.165) is 25.3 Å². The molecule has 1 aliphatic heterocycles. The predicted octanol–water partition coefficient (Wildman–Crippen LogP) is 4.47. The smallest absolute Gasteiger partial charge is 0.153 e. The van der Waals surface area contributed by atoms with Crippen LogP contribution >= 0.6 is 12.4 Å². The van der Waals surface area contributed by atoms with E-state index in [0.29, 0.717) is 0 Å². The molecule has 0 bridgehead atoms. The highest BCUT2D eigenvalue weighted by Gasteiger charge is 2.20. The molecule has 0 saturated carbocycles. The number of aromatic amines is 1. The van der Waals surface area contributed by atoms with Crippen molar-refractivity contribution >= 4 is 29.1 Å². The van der Waals surface area contributed by atoms with Crippen LogP contribution in [0.5, 0.6) is 0 Å². The normalized spacial score (nSPS) is 13.8. The van der Waals surface area contributed by atoms with Gasteiger partial charge in [0.1, 0.15) is 0 Å². The Balaban J connectivity index is 0.00000156. The number of nitrogens with zero attached hydrogens (tertiary/aromatic N) is 2. The standard InChI is InChI=1S/C19H21N3.ClH/c1-12-4-5-15-7-9-22(11-16(15)10-12)19-18-17(6-8-20-19)13(2)14(3)21-18;/h4-6,8,10,21H,7,9,11H2,1-3H3;1H. The van der Waals surface area contributed by atoms with Gasteiger partial charge in [0, 0.05) is 30.4 Å². The first-order valence-electron chi connectivity index (χ1n) is 7.91. The van der Waals surface area contributed by atoms with Crippen LogP contribution in [0.25, 0.3) is 10.9 Å². The molecule has 0 saturated heterocycles. The highest BCUT2D eigenvalue weighted by atomic mass is 35.5. The fraction of sp³-hybridized carbons (Fsp3) is 0.316. The minimum atomic E-state index is 0. The lowest BCUT2D eigenvalue weighted by Gasteiger charge is -2.30. The summed E-state index contributed by atoms with van der Waals surface area (Å²) in [5.74, 6) is 1.08. The molecular weight excluding hydrogens is 306 g/mol. The second-order valence-corrected chi connectivity index (χ2v) is 6.38. The highest BCUT2D eigenvalue weighted by molar-refractivity contribution is 5.92. The van der Waals surface area contributed by atoms with Crippen molar-refractivity contribution < 1.29 is 0 Å². The van der Waals surface area contributed by atoms with Gasteiger partial charge in [-0.1, -0.05) is 23.8 Å². The lowest BCUT2D eigenvalue weighted by atomic mass is 9.97. The van der Waals surface area contributed by atoms with Gasteiger partial charge in [-0.2, -0.15) is 0 Å². The molecule has 0 amide bonds. The summed E-state index contributed by atoms with van der Waals surface area (Å²) in [6.45, 7) is 8.44. The van der Waals surface area contributed by atoms with Crippen LogP contribution in [0.3, 0.4) is 0 Å². The van der Waals surface area contributed by atoms with Crippen LogP contribution in [0, 0.1) is 20.8 Å². The Hall–Kier alpha value is -2.00. The van der Waals surface area contributed by atoms with Crippen LogP contribution in [0.15, 0.2) is 30.5 Å². The molecule has 0 unspecified atom stereocenters. The van der Waals surface area contributed by atoms with Gasteiger partial charge in [-0.05, 0) is 49.9 Å². The lowest BCUT2D eigenvalue weighted by Crippen LogP contribution is -2.31. The maximum atomic E-state index is 4.68. The van der Waals surface area contributed by atoms with E-state index in [9.17, 15) is 0 Å². The van der Waals surface area contributed by atoms with Crippen LogP contribution in [0.1, 0.15) is 27.9 Å². The van der Waals surface area contributed by atoms with Crippen molar-refractivity contribution in [2.75, 3.05) is 11.4 Å². The average Bonchev–Trinajstić information content (AvgIpc) is 2.81. The summed E-state index contributed by atoms with van der Waals surface area (Å²) in [5.41, 5.74) is 7.98. The molecule has 4 heteroatoms. The van der Waals surface area contributed by atoms with E-state index in [4.69, 9.17) is 0 Å². The Labute approximate surface area is 143 Å². The number of hydrogen-bond donors (Lipinski definition) is 1. The summed E-state index contributed by atoms with van der Waals surface area (Å²) >= 11 is 0. The molecule has 23 heavy (non-hydrogen) atoms. The average molecular weight is 328 g/mol. The molecule has 0 atom stereocenters. The number of nitrogens with one attached hydrogen (secondary N) is 1. The number of aryl methyl sites for hydroxylation is 3. The number of pyridine rings is 1. The molecule has 1 aliphatic rings. The molecule has 0 aliphatic carbocycles. The summed E-state index contributed by atoms with van der Waals surface area (Å²) in [6.07, 6.45) is 3.02. The van der Waals surface area contributed by atoms with Crippen molar-refractivity contribution in [2.45, 2.75) is 33.7 Å². The van der Waals surface area contributed by atoms with Crippen LogP contribution in [-0.2, 0) is 13.0 Å². The molecule has 3 aromatic rings. The van der Waals surface area contributed by atoms with Crippen molar-refractivity contribution in [3.8, 4) is 0 Å². The SMILES string of the molecule is Cc1ccc2c(c1)CN(c1nccc3c(C)c(C)[nH]c13)CC2.Cl. The Bertz CT molecular complexity index is 866. The van der Waals surface area contributed by atoms with E-state index in [-0.39, 0.29) is 12.4 Å². The third-order valence-electron chi connectivity index (χ3n) is 4.88. The molecule has 0 spiro atoms. The third kappa shape index (κ3) is 2.59. The molecule has 2 aromatic heterocycles. The Kier molecular flexibility index (Phi) is 4.07. The number of hydrogen-bond acceptors (Lipinski definition) is 2. The predicted molar refractivity (Wildman–Crippen MR) is 98.7 cm³/mol. The van der Waals surface area contributed by atoms with Crippen molar-refractivity contribution in [3.63, 3.8) is 0 Å². The summed E-state index contributed by atoms with van der Waals surface area (Å²) in [5, 5.41) is 1.29. The Morgan fingerprint density at radius 1 is 1.09 bits per heavy atom. The fourth-order valence-electron chi connectivity index (χ4n) is 3.48. The number of aromatic nitrogens is 2. The van der Waals surface area contributed by atoms with Crippen molar-refractivity contribution in [1.29, 1.82) is 0 Å². The van der Waals surface area contributed by atoms with Crippen LogP contribution in [-0.4, -0.2) is 16.5 Å². The maximum absolute atomic E-state index is 4.68. The topological polar surface area (TPSA) is 31.9 Å². The van der Waals surface area contributed by atoms with Crippen LogP contribution in [0.2, 0.25) is 0 Å². The van der Waals surface area contributed by atoms with Crippen molar-refractivity contribution in [2.24, 2.45) is 0 Å². The molecule has 0 radical (unpaired) electrons. The largest absolute Gasteiger partial charge is 0.355 e. The zero-order valence-electron chi connectivity index (χ0n) is 13.8. The quantitative estimate of drug-likeness (QED) is 0.715. The molecule has 3 heterocycles.